The van der Waals surface area contributed by atoms with Gasteiger partial charge in [0.2, 0.25) is 17.6 Å². The van der Waals surface area contributed by atoms with Crippen LogP contribution in [0.25, 0.3) is 11.4 Å². The normalized spacial score (nSPS) is 16.4. The topological polar surface area (TPSA) is 90.6 Å². The summed E-state index contributed by atoms with van der Waals surface area (Å²) in [5.74, 6) is 2.28. The van der Waals surface area contributed by atoms with E-state index in [1.807, 2.05) is 30.3 Å². The average molecular weight is 380 g/mol. The van der Waals surface area contributed by atoms with Crippen LogP contribution in [0, 0.1) is 0 Å². The molecule has 3 aromatic rings. The molecular formula is C20H20N4O4. The maximum Gasteiger partial charge on any atom is 0.232 e. The molecule has 144 valence electrons. The highest BCUT2D eigenvalue weighted by Gasteiger charge is 2.34. The zero-order valence-corrected chi connectivity index (χ0v) is 15.7. The van der Waals surface area contributed by atoms with E-state index < -0.39 is 0 Å². The molecule has 0 radical (unpaired) electrons. The maximum absolute atomic E-state index is 12.5. The van der Waals surface area contributed by atoms with Crippen LogP contribution in [0.5, 0.6) is 11.5 Å². The van der Waals surface area contributed by atoms with E-state index in [1.54, 1.807) is 31.5 Å². The molecule has 0 spiro atoms. The van der Waals surface area contributed by atoms with Crippen LogP contribution in [0.1, 0.15) is 23.8 Å². The highest BCUT2D eigenvalue weighted by atomic mass is 16.5. The van der Waals surface area contributed by atoms with E-state index in [9.17, 15) is 4.79 Å². The summed E-state index contributed by atoms with van der Waals surface area (Å²) in [6.45, 7) is 0.938. The van der Waals surface area contributed by atoms with Gasteiger partial charge in [0.1, 0.15) is 11.5 Å². The van der Waals surface area contributed by atoms with Crippen molar-refractivity contribution < 1.29 is 18.8 Å². The molecule has 0 saturated carbocycles. The summed E-state index contributed by atoms with van der Waals surface area (Å²) in [6, 6.07) is 9.23. The lowest BCUT2D eigenvalue weighted by Crippen LogP contribution is -2.24. The Bertz CT molecular complexity index is 973. The van der Waals surface area contributed by atoms with Crippen molar-refractivity contribution in [1.82, 2.24) is 20.0 Å². The van der Waals surface area contributed by atoms with Crippen LogP contribution in [0.2, 0.25) is 0 Å². The highest BCUT2D eigenvalue weighted by Crippen LogP contribution is 2.32. The molecule has 1 amide bonds. The van der Waals surface area contributed by atoms with Crippen molar-refractivity contribution in [2.24, 2.45) is 0 Å². The van der Waals surface area contributed by atoms with Gasteiger partial charge in [0.25, 0.3) is 0 Å². The number of benzene rings is 1. The van der Waals surface area contributed by atoms with Gasteiger partial charge in [-0.25, -0.2) is 0 Å². The van der Waals surface area contributed by atoms with Crippen molar-refractivity contribution in [2.45, 2.75) is 18.9 Å². The number of rotatable bonds is 6. The second-order valence-corrected chi connectivity index (χ2v) is 6.55. The number of pyridine rings is 1. The number of hydrogen-bond acceptors (Lipinski definition) is 7. The summed E-state index contributed by atoms with van der Waals surface area (Å²) in [7, 11) is 3.22. The van der Waals surface area contributed by atoms with E-state index in [2.05, 4.69) is 15.1 Å². The van der Waals surface area contributed by atoms with Crippen LogP contribution < -0.4 is 9.47 Å². The average Bonchev–Trinajstić information content (AvgIpc) is 3.36. The standard InChI is InChI=1S/C20H20N4O4/c1-26-16-5-6-17(27-2)14(8-16)11-24-12-15(9-18(24)25)20-22-19(23-28-20)13-4-3-7-21-10-13/h3-8,10,15H,9,11-12H2,1-2H3. The lowest BCUT2D eigenvalue weighted by atomic mass is 10.1. The van der Waals surface area contributed by atoms with Crippen molar-refractivity contribution in [3.05, 3.63) is 54.2 Å². The number of likely N-dealkylation sites (tertiary alicyclic amines) is 1. The second-order valence-electron chi connectivity index (χ2n) is 6.55. The van der Waals surface area contributed by atoms with Crippen molar-refractivity contribution >= 4 is 5.91 Å². The first-order valence-corrected chi connectivity index (χ1v) is 8.90. The van der Waals surface area contributed by atoms with Gasteiger partial charge in [0.15, 0.2) is 0 Å². The number of ether oxygens (including phenoxy) is 2. The van der Waals surface area contributed by atoms with Crippen LogP contribution >= 0.6 is 0 Å². The molecule has 1 aromatic carbocycles. The van der Waals surface area contributed by atoms with Crippen molar-refractivity contribution in [1.29, 1.82) is 0 Å². The third kappa shape index (κ3) is 3.53. The van der Waals surface area contributed by atoms with Gasteiger partial charge in [0, 0.05) is 43.0 Å². The zero-order valence-electron chi connectivity index (χ0n) is 15.7. The van der Waals surface area contributed by atoms with Gasteiger partial charge in [0.05, 0.1) is 20.1 Å². The van der Waals surface area contributed by atoms with Gasteiger partial charge in [-0.15, -0.1) is 0 Å². The zero-order chi connectivity index (χ0) is 19.5. The first-order valence-electron chi connectivity index (χ1n) is 8.90. The smallest absolute Gasteiger partial charge is 0.232 e. The molecule has 28 heavy (non-hydrogen) atoms. The van der Waals surface area contributed by atoms with E-state index in [0.29, 0.717) is 37.0 Å². The molecule has 1 fully saturated rings. The highest BCUT2D eigenvalue weighted by molar-refractivity contribution is 5.79. The Balaban J connectivity index is 1.50. The third-order valence-corrected chi connectivity index (χ3v) is 4.77. The summed E-state index contributed by atoms with van der Waals surface area (Å²) in [5.41, 5.74) is 1.66. The predicted molar refractivity (Wildman–Crippen MR) is 99.9 cm³/mol. The number of carbonyl (C=O) groups excluding carboxylic acids is 1. The Morgan fingerprint density at radius 3 is 2.89 bits per heavy atom. The summed E-state index contributed by atoms with van der Waals surface area (Å²) >= 11 is 0. The van der Waals surface area contributed by atoms with Gasteiger partial charge in [-0.05, 0) is 30.3 Å². The van der Waals surface area contributed by atoms with Gasteiger partial charge >= 0.3 is 0 Å². The van der Waals surface area contributed by atoms with E-state index in [1.165, 1.54) is 0 Å². The summed E-state index contributed by atoms with van der Waals surface area (Å²) < 4.78 is 16.1. The molecule has 0 aliphatic carbocycles. The SMILES string of the molecule is COc1ccc(OC)c(CN2CC(c3nc(-c4cccnc4)no3)CC2=O)c1. The van der Waals surface area contributed by atoms with Crippen LogP contribution in [0.4, 0.5) is 0 Å². The predicted octanol–water partition coefficient (Wildman–Crippen LogP) is 2.66. The maximum atomic E-state index is 12.5. The molecule has 8 nitrogen and oxygen atoms in total. The minimum absolute atomic E-state index is 0.0380. The molecule has 2 aromatic heterocycles. The van der Waals surface area contributed by atoms with Gasteiger partial charge < -0.3 is 18.9 Å². The van der Waals surface area contributed by atoms with Gasteiger partial charge in [-0.1, -0.05) is 5.16 Å². The third-order valence-electron chi connectivity index (χ3n) is 4.77. The van der Waals surface area contributed by atoms with Crippen LogP contribution in [0.3, 0.4) is 0 Å². The Morgan fingerprint density at radius 1 is 1.25 bits per heavy atom. The fourth-order valence-corrected chi connectivity index (χ4v) is 3.31. The first kappa shape index (κ1) is 18.0. The summed E-state index contributed by atoms with van der Waals surface area (Å²) in [5, 5.41) is 4.02. The first-order chi connectivity index (χ1) is 13.7. The molecule has 8 heteroatoms. The van der Waals surface area contributed by atoms with Crippen LogP contribution in [-0.2, 0) is 11.3 Å². The Kier molecular flexibility index (Phi) is 4.92. The number of methoxy groups -OCH3 is 2. The second kappa shape index (κ2) is 7.67. The molecule has 0 N–H and O–H groups in total. The Labute approximate surface area is 162 Å². The Morgan fingerprint density at radius 2 is 2.14 bits per heavy atom. The molecule has 0 bridgehead atoms. The molecule has 3 heterocycles. The van der Waals surface area contributed by atoms with Crippen LogP contribution in [-0.4, -0.2) is 46.7 Å². The van der Waals surface area contributed by atoms with Crippen LogP contribution in [0.15, 0.2) is 47.2 Å². The van der Waals surface area contributed by atoms with E-state index in [4.69, 9.17) is 14.0 Å². The van der Waals surface area contributed by atoms with E-state index in [-0.39, 0.29) is 11.8 Å². The molecule has 4 rings (SSSR count). The van der Waals surface area contributed by atoms with Crippen molar-refractivity contribution in [3.63, 3.8) is 0 Å². The number of hydrogen-bond donors (Lipinski definition) is 0. The molecule has 1 saturated heterocycles. The number of nitrogens with zero attached hydrogens (tertiary/aromatic N) is 4. The molecule has 1 aliphatic rings. The molecular weight excluding hydrogens is 360 g/mol. The fourth-order valence-electron chi connectivity index (χ4n) is 3.31. The lowest BCUT2D eigenvalue weighted by Gasteiger charge is -2.18. The van der Waals surface area contributed by atoms with Crippen molar-refractivity contribution in [2.75, 3.05) is 20.8 Å². The number of carbonyl (C=O) groups is 1. The van der Waals surface area contributed by atoms with Crippen molar-refractivity contribution in [3.8, 4) is 22.9 Å². The summed E-state index contributed by atoms with van der Waals surface area (Å²) in [4.78, 5) is 22.8. The molecule has 1 atom stereocenters. The fraction of sp³-hybridized carbons (Fsp3) is 0.300. The quantitative estimate of drug-likeness (QED) is 0.649. The molecule has 1 unspecified atom stereocenters. The Hall–Kier alpha value is -3.42. The number of amides is 1. The number of aromatic nitrogens is 3. The minimum atomic E-state index is -0.137. The van der Waals surface area contributed by atoms with Gasteiger partial charge in [-0.2, -0.15) is 4.98 Å². The summed E-state index contributed by atoms with van der Waals surface area (Å²) in [6.07, 6.45) is 3.70. The lowest BCUT2D eigenvalue weighted by molar-refractivity contribution is -0.128. The minimum Gasteiger partial charge on any atom is -0.497 e. The van der Waals surface area contributed by atoms with E-state index in [0.717, 1.165) is 16.9 Å². The monoisotopic (exact) mass is 380 g/mol. The molecule has 1 aliphatic heterocycles. The van der Waals surface area contributed by atoms with Gasteiger partial charge in [-0.3, -0.25) is 9.78 Å². The van der Waals surface area contributed by atoms with E-state index >= 15 is 0 Å². The largest absolute Gasteiger partial charge is 0.497 e.